The van der Waals surface area contributed by atoms with Crippen LogP contribution >= 0.6 is 0 Å². The van der Waals surface area contributed by atoms with Crippen LogP contribution in [0.15, 0.2) is 59.6 Å². The SMILES string of the molecule is CCCN1C(=O)[C@](NC(=O)c2ccc(C)cc2)(C(F)(F)F)N=C1c1ccccc1. The first-order valence-electron chi connectivity index (χ1n) is 9.13. The number of aryl methyl sites for hydroxylation is 1. The quantitative estimate of drug-likeness (QED) is 0.828. The van der Waals surface area contributed by atoms with Crippen LogP contribution in [0.1, 0.15) is 34.8 Å². The highest BCUT2D eigenvalue weighted by molar-refractivity contribution is 6.16. The van der Waals surface area contributed by atoms with Crippen LogP contribution in [0.2, 0.25) is 0 Å². The predicted molar refractivity (Wildman–Crippen MR) is 102 cm³/mol. The number of hydrogen-bond donors (Lipinski definition) is 1. The lowest BCUT2D eigenvalue weighted by Crippen LogP contribution is -2.63. The van der Waals surface area contributed by atoms with Gasteiger partial charge in [0.1, 0.15) is 5.84 Å². The number of carbonyl (C=O) groups is 2. The summed E-state index contributed by atoms with van der Waals surface area (Å²) in [7, 11) is 0. The Bertz CT molecular complexity index is 940. The molecule has 0 unspecified atom stereocenters. The van der Waals surface area contributed by atoms with Crippen molar-refractivity contribution < 1.29 is 22.8 Å². The first kappa shape index (κ1) is 20.6. The van der Waals surface area contributed by atoms with Crippen LogP contribution in [0.25, 0.3) is 0 Å². The molecule has 1 atom stereocenters. The van der Waals surface area contributed by atoms with Gasteiger partial charge in [0.2, 0.25) is 0 Å². The molecule has 1 N–H and O–H groups in total. The first-order chi connectivity index (χ1) is 13.7. The Morgan fingerprint density at radius 1 is 1.10 bits per heavy atom. The molecule has 1 heterocycles. The summed E-state index contributed by atoms with van der Waals surface area (Å²) >= 11 is 0. The Kier molecular flexibility index (Phi) is 5.46. The zero-order valence-electron chi connectivity index (χ0n) is 16.0. The summed E-state index contributed by atoms with van der Waals surface area (Å²) in [5.41, 5.74) is -2.14. The second kappa shape index (κ2) is 7.69. The number of rotatable bonds is 5. The number of hydrogen-bond acceptors (Lipinski definition) is 3. The van der Waals surface area contributed by atoms with Crippen molar-refractivity contribution in [3.05, 3.63) is 71.3 Å². The van der Waals surface area contributed by atoms with Gasteiger partial charge in [0, 0.05) is 17.7 Å². The molecular formula is C21H20F3N3O2. The van der Waals surface area contributed by atoms with Crippen molar-refractivity contribution in [1.29, 1.82) is 0 Å². The van der Waals surface area contributed by atoms with Crippen molar-refractivity contribution in [2.75, 3.05) is 6.54 Å². The highest BCUT2D eigenvalue weighted by atomic mass is 19.4. The molecule has 0 aliphatic carbocycles. The van der Waals surface area contributed by atoms with Gasteiger partial charge in [0.15, 0.2) is 0 Å². The Morgan fingerprint density at radius 3 is 2.28 bits per heavy atom. The summed E-state index contributed by atoms with van der Waals surface area (Å²) in [5, 5.41) is 1.86. The zero-order valence-corrected chi connectivity index (χ0v) is 16.0. The van der Waals surface area contributed by atoms with Crippen molar-refractivity contribution in [3.63, 3.8) is 0 Å². The van der Waals surface area contributed by atoms with Crippen LogP contribution in [-0.4, -0.2) is 40.9 Å². The van der Waals surface area contributed by atoms with E-state index in [0.29, 0.717) is 12.0 Å². The van der Waals surface area contributed by atoms with Gasteiger partial charge >= 0.3 is 11.8 Å². The monoisotopic (exact) mass is 403 g/mol. The molecule has 1 aliphatic heterocycles. The third kappa shape index (κ3) is 3.74. The molecule has 0 spiro atoms. The van der Waals surface area contributed by atoms with Crippen molar-refractivity contribution in [2.45, 2.75) is 32.1 Å². The van der Waals surface area contributed by atoms with Gasteiger partial charge in [-0.15, -0.1) is 0 Å². The summed E-state index contributed by atoms with van der Waals surface area (Å²) in [6.45, 7) is 3.58. The van der Waals surface area contributed by atoms with E-state index < -0.39 is 23.7 Å². The van der Waals surface area contributed by atoms with Crippen molar-refractivity contribution >= 4 is 17.6 Å². The molecule has 0 fully saturated rings. The molecule has 152 valence electrons. The average molecular weight is 403 g/mol. The Balaban J connectivity index is 2.08. The number of amidine groups is 1. The highest BCUT2D eigenvalue weighted by Crippen LogP contribution is 2.38. The number of carbonyl (C=O) groups excluding carboxylic acids is 2. The molecule has 0 bridgehead atoms. The molecular weight excluding hydrogens is 383 g/mol. The van der Waals surface area contributed by atoms with E-state index in [4.69, 9.17) is 0 Å². The Labute approximate surface area is 166 Å². The van der Waals surface area contributed by atoms with E-state index in [-0.39, 0.29) is 17.9 Å². The van der Waals surface area contributed by atoms with Crippen molar-refractivity contribution in [1.82, 2.24) is 10.2 Å². The zero-order chi connectivity index (χ0) is 21.2. The van der Waals surface area contributed by atoms with Crippen LogP contribution in [0.5, 0.6) is 0 Å². The van der Waals surface area contributed by atoms with E-state index in [0.717, 1.165) is 10.5 Å². The molecule has 0 saturated heterocycles. The van der Waals surface area contributed by atoms with E-state index in [1.807, 2.05) is 5.32 Å². The summed E-state index contributed by atoms with van der Waals surface area (Å²) in [4.78, 5) is 30.3. The average Bonchev–Trinajstić information content (AvgIpc) is 2.96. The lowest BCUT2D eigenvalue weighted by Gasteiger charge is -2.29. The number of alkyl halides is 3. The Hall–Kier alpha value is -3.16. The molecule has 0 radical (unpaired) electrons. The smallest absolute Gasteiger partial charge is 0.312 e. The van der Waals surface area contributed by atoms with E-state index >= 15 is 0 Å². The number of benzene rings is 2. The fourth-order valence-electron chi connectivity index (χ4n) is 3.08. The highest BCUT2D eigenvalue weighted by Gasteiger charge is 2.67. The lowest BCUT2D eigenvalue weighted by molar-refractivity contribution is -0.196. The standard InChI is InChI=1S/C21H20F3N3O2/c1-3-13-27-17(15-7-5-4-6-8-15)25-20(19(27)29,21(22,23)24)26-18(28)16-11-9-14(2)10-12-16/h4-12H,3,13H2,1-2H3,(H,26,28)/t20-/m0/s1. The van der Waals surface area contributed by atoms with E-state index in [2.05, 4.69) is 4.99 Å². The van der Waals surface area contributed by atoms with Crippen LogP contribution < -0.4 is 5.32 Å². The van der Waals surface area contributed by atoms with Crippen LogP contribution in [0.4, 0.5) is 13.2 Å². The summed E-state index contributed by atoms with van der Waals surface area (Å²) in [6, 6.07) is 14.2. The molecule has 2 amide bonds. The predicted octanol–water partition coefficient (Wildman–Crippen LogP) is 3.68. The molecule has 2 aromatic rings. The number of amides is 2. The molecule has 3 rings (SSSR count). The molecule has 0 saturated carbocycles. The Morgan fingerprint density at radius 2 is 1.72 bits per heavy atom. The van der Waals surface area contributed by atoms with E-state index in [1.165, 1.54) is 12.1 Å². The van der Waals surface area contributed by atoms with Crippen molar-refractivity contribution in [3.8, 4) is 0 Å². The topological polar surface area (TPSA) is 61.8 Å². The van der Waals surface area contributed by atoms with Gasteiger partial charge < -0.3 is 5.32 Å². The van der Waals surface area contributed by atoms with Crippen LogP contribution in [0.3, 0.4) is 0 Å². The maximum absolute atomic E-state index is 14.1. The lowest BCUT2D eigenvalue weighted by atomic mass is 10.1. The molecule has 1 aliphatic rings. The second-order valence-corrected chi connectivity index (χ2v) is 6.79. The van der Waals surface area contributed by atoms with E-state index in [9.17, 15) is 22.8 Å². The molecule has 2 aromatic carbocycles. The summed E-state index contributed by atoms with van der Waals surface area (Å²) < 4.78 is 42.4. The minimum absolute atomic E-state index is 0.0115. The van der Waals surface area contributed by atoms with Gasteiger partial charge in [0.05, 0.1) is 0 Å². The van der Waals surface area contributed by atoms with Crippen LogP contribution in [0, 0.1) is 6.92 Å². The van der Waals surface area contributed by atoms with Crippen LogP contribution in [-0.2, 0) is 4.79 Å². The number of halogens is 3. The third-order valence-electron chi connectivity index (χ3n) is 4.58. The second-order valence-electron chi connectivity index (χ2n) is 6.79. The summed E-state index contributed by atoms with van der Waals surface area (Å²) in [6.07, 6.45) is -4.69. The molecule has 8 heteroatoms. The number of nitrogens with zero attached hydrogens (tertiary/aromatic N) is 2. The number of nitrogens with one attached hydrogen (secondary N) is 1. The molecule has 0 aromatic heterocycles. The molecule has 5 nitrogen and oxygen atoms in total. The fraction of sp³-hybridized carbons (Fsp3) is 0.286. The third-order valence-corrected chi connectivity index (χ3v) is 4.58. The maximum Gasteiger partial charge on any atom is 0.442 e. The first-order valence-corrected chi connectivity index (χ1v) is 9.13. The van der Waals surface area contributed by atoms with Gasteiger partial charge in [-0.05, 0) is 25.5 Å². The van der Waals surface area contributed by atoms with Gasteiger partial charge in [-0.2, -0.15) is 13.2 Å². The number of aliphatic imine (C=N–C) groups is 1. The normalized spacial score (nSPS) is 19.3. The van der Waals surface area contributed by atoms with Gasteiger partial charge in [-0.1, -0.05) is 55.0 Å². The minimum Gasteiger partial charge on any atom is -0.312 e. The van der Waals surface area contributed by atoms with Gasteiger partial charge in [-0.25, -0.2) is 4.99 Å². The summed E-state index contributed by atoms with van der Waals surface area (Å²) in [5.74, 6) is -2.45. The van der Waals surface area contributed by atoms with Gasteiger partial charge in [0.25, 0.3) is 11.8 Å². The van der Waals surface area contributed by atoms with Gasteiger partial charge in [-0.3, -0.25) is 14.5 Å². The largest absolute Gasteiger partial charge is 0.442 e. The maximum atomic E-state index is 14.1. The van der Waals surface area contributed by atoms with E-state index in [1.54, 1.807) is 56.3 Å². The minimum atomic E-state index is -5.12. The van der Waals surface area contributed by atoms with Crippen molar-refractivity contribution in [2.24, 2.45) is 4.99 Å². The molecule has 29 heavy (non-hydrogen) atoms. The fourth-order valence-corrected chi connectivity index (χ4v) is 3.08.